The van der Waals surface area contributed by atoms with E-state index >= 15 is 0 Å². The van der Waals surface area contributed by atoms with Crippen molar-refractivity contribution in [3.63, 3.8) is 0 Å². The summed E-state index contributed by atoms with van der Waals surface area (Å²) in [5, 5.41) is 0. The van der Waals surface area contributed by atoms with Gasteiger partial charge in [-0.25, -0.2) is 9.88 Å². The first-order chi connectivity index (χ1) is 13.2. The number of benzene rings is 1. The number of amides is 2. The van der Waals surface area contributed by atoms with Crippen LogP contribution in [0.25, 0.3) is 0 Å². The minimum absolute atomic E-state index is 0.0565. The molecule has 1 atom stereocenters. The molecule has 2 N–H and O–H groups in total. The molecule has 3 heterocycles. The summed E-state index contributed by atoms with van der Waals surface area (Å²) in [5.41, 5.74) is 1.90. The molecule has 0 bridgehead atoms. The zero-order chi connectivity index (χ0) is 18.8. The van der Waals surface area contributed by atoms with Gasteiger partial charge in [-0.05, 0) is 30.2 Å². The summed E-state index contributed by atoms with van der Waals surface area (Å²) >= 11 is 0. The highest BCUT2D eigenvalue weighted by atomic mass is 16.2. The maximum absolute atomic E-state index is 13.0. The number of piperazine rings is 1. The lowest BCUT2D eigenvalue weighted by molar-refractivity contribution is -0.915. The average molecular weight is 366 g/mol. The van der Waals surface area contributed by atoms with Gasteiger partial charge in [0.15, 0.2) is 6.04 Å². The van der Waals surface area contributed by atoms with E-state index in [-0.39, 0.29) is 17.9 Å². The number of nitrogens with one attached hydrogen (secondary N) is 2. The number of imide groups is 1. The van der Waals surface area contributed by atoms with Gasteiger partial charge in [-0.3, -0.25) is 14.5 Å². The van der Waals surface area contributed by atoms with Gasteiger partial charge >= 0.3 is 0 Å². The third kappa shape index (κ3) is 3.45. The van der Waals surface area contributed by atoms with Gasteiger partial charge in [0.1, 0.15) is 26.2 Å². The van der Waals surface area contributed by atoms with Crippen LogP contribution >= 0.6 is 0 Å². The van der Waals surface area contributed by atoms with Gasteiger partial charge in [0, 0.05) is 6.07 Å². The number of rotatable bonds is 4. The number of pyridine rings is 1. The Kier molecular flexibility index (Phi) is 4.90. The molecule has 6 heteroatoms. The zero-order valence-electron chi connectivity index (χ0n) is 15.6. The standard InChI is InChI=1S/C21H24N4O2/c1-2-16-6-8-17(9-7-16)25-20(26)15-18(21(25)27)23-11-13-24(14-12-23)19-5-3-4-10-22-19/h3-10,18H,2,11-15H2,1H3/p+2/t18-/m1/s1. The number of quaternary nitrogens is 1. The second-order valence-corrected chi connectivity index (χ2v) is 7.24. The molecule has 0 radical (unpaired) electrons. The van der Waals surface area contributed by atoms with Crippen LogP contribution in [0.15, 0.2) is 48.7 Å². The molecule has 1 aromatic heterocycles. The molecule has 27 heavy (non-hydrogen) atoms. The summed E-state index contributed by atoms with van der Waals surface area (Å²) in [6.45, 7) is 5.55. The number of anilines is 2. The first-order valence-electron chi connectivity index (χ1n) is 9.69. The van der Waals surface area contributed by atoms with Gasteiger partial charge in [-0.1, -0.05) is 25.1 Å². The van der Waals surface area contributed by atoms with E-state index < -0.39 is 0 Å². The second kappa shape index (κ2) is 7.48. The third-order valence-electron chi connectivity index (χ3n) is 5.68. The van der Waals surface area contributed by atoms with Crippen molar-refractivity contribution in [3.8, 4) is 0 Å². The maximum atomic E-state index is 13.0. The smallest absolute Gasteiger partial charge is 0.292 e. The molecule has 2 saturated heterocycles. The predicted molar refractivity (Wildman–Crippen MR) is 103 cm³/mol. The van der Waals surface area contributed by atoms with Crippen molar-refractivity contribution in [2.45, 2.75) is 25.8 Å². The Morgan fingerprint density at radius 3 is 2.44 bits per heavy atom. The molecular formula is C21H26N4O2+2. The van der Waals surface area contributed by atoms with Crippen LogP contribution < -0.4 is 19.7 Å². The number of aryl methyl sites for hydroxylation is 1. The molecule has 140 valence electrons. The van der Waals surface area contributed by atoms with Crippen LogP contribution in [-0.4, -0.2) is 44.0 Å². The van der Waals surface area contributed by atoms with E-state index in [0.717, 1.165) is 38.4 Å². The fraction of sp³-hybridized carbons (Fsp3) is 0.381. The van der Waals surface area contributed by atoms with E-state index in [4.69, 9.17) is 0 Å². The highest BCUT2D eigenvalue weighted by molar-refractivity contribution is 6.21. The number of hydrogen-bond donors (Lipinski definition) is 1. The molecule has 1 aromatic carbocycles. The molecular weight excluding hydrogens is 340 g/mol. The average Bonchev–Trinajstić information content (AvgIpc) is 3.03. The first-order valence-corrected chi connectivity index (χ1v) is 9.69. The van der Waals surface area contributed by atoms with E-state index in [0.29, 0.717) is 12.1 Å². The predicted octanol–water partition coefficient (Wildman–Crippen LogP) is 0.100. The molecule has 2 amide bonds. The fourth-order valence-corrected chi connectivity index (χ4v) is 4.07. The molecule has 2 aliphatic rings. The molecule has 4 rings (SSSR count). The van der Waals surface area contributed by atoms with Crippen LogP contribution in [0.2, 0.25) is 0 Å². The summed E-state index contributed by atoms with van der Waals surface area (Å²) in [5.74, 6) is 0.961. The van der Waals surface area contributed by atoms with E-state index in [9.17, 15) is 9.59 Å². The topological polar surface area (TPSA) is 59.2 Å². The maximum Gasteiger partial charge on any atom is 0.292 e. The Morgan fingerprint density at radius 1 is 1.07 bits per heavy atom. The number of aromatic amines is 1. The third-order valence-corrected chi connectivity index (χ3v) is 5.68. The molecule has 0 spiro atoms. The number of aromatic nitrogens is 1. The summed E-state index contributed by atoms with van der Waals surface area (Å²) in [7, 11) is 0. The van der Waals surface area contributed by atoms with Gasteiger partial charge in [-0.2, -0.15) is 0 Å². The Morgan fingerprint density at radius 2 is 1.81 bits per heavy atom. The van der Waals surface area contributed by atoms with Crippen molar-refractivity contribution in [2.75, 3.05) is 36.0 Å². The van der Waals surface area contributed by atoms with Crippen LogP contribution in [0.1, 0.15) is 18.9 Å². The minimum atomic E-state index is -0.259. The number of carbonyl (C=O) groups excluding carboxylic acids is 2. The van der Waals surface area contributed by atoms with E-state index in [1.807, 2.05) is 42.6 Å². The SMILES string of the molecule is CCc1ccc(N2C(=O)C[C@@H]([NH+]3CCN(c4cccc[nH+]4)CC3)C2=O)cc1. The van der Waals surface area contributed by atoms with Crippen LogP contribution in [0.4, 0.5) is 11.5 Å². The Hall–Kier alpha value is -2.73. The van der Waals surface area contributed by atoms with Crippen molar-refractivity contribution in [1.82, 2.24) is 0 Å². The van der Waals surface area contributed by atoms with Crippen molar-refractivity contribution in [2.24, 2.45) is 0 Å². The zero-order valence-corrected chi connectivity index (χ0v) is 15.6. The highest BCUT2D eigenvalue weighted by Crippen LogP contribution is 2.22. The van der Waals surface area contributed by atoms with Gasteiger partial charge in [-0.15, -0.1) is 0 Å². The quantitative estimate of drug-likeness (QED) is 0.781. The second-order valence-electron chi connectivity index (χ2n) is 7.24. The first kappa shape index (κ1) is 17.7. The Bertz CT molecular complexity index is 814. The molecule has 2 aromatic rings. The van der Waals surface area contributed by atoms with Gasteiger partial charge in [0.25, 0.3) is 11.7 Å². The lowest BCUT2D eigenvalue weighted by atomic mass is 10.1. The van der Waals surface area contributed by atoms with E-state index in [1.54, 1.807) is 0 Å². The van der Waals surface area contributed by atoms with Crippen molar-refractivity contribution in [3.05, 3.63) is 54.2 Å². The number of nitrogens with zero attached hydrogens (tertiary/aromatic N) is 2. The molecule has 6 nitrogen and oxygen atoms in total. The lowest BCUT2D eigenvalue weighted by Crippen LogP contribution is -3.19. The Balaban J connectivity index is 1.43. The minimum Gasteiger partial charge on any atom is -0.318 e. The summed E-state index contributed by atoms with van der Waals surface area (Å²) in [6, 6.07) is 13.5. The monoisotopic (exact) mass is 366 g/mol. The van der Waals surface area contributed by atoms with E-state index in [2.05, 4.69) is 22.9 Å². The number of hydrogen-bond acceptors (Lipinski definition) is 3. The molecule has 0 saturated carbocycles. The van der Waals surface area contributed by atoms with E-state index in [1.165, 1.54) is 15.4 Å². The molecule has 2 fully saturated rings. The van der Waals surface area contributed by atoms with Crippen LogP contribution in [0, 0.1) is 0 Å². The molecule has 0 unspecified atom stereocenters. The summed E-state index contributed by atoms with van der Waals surface area (Å²) in [6.07, 6.45) is 3.18. The van der Waals surface area contributed by atoms with Gasteiger partial charge in [0.2, 0.25) is 5.91 Å². The Labute approximate surface area is 159 Å². The molecule has 2 aliphatic heterocycles. The molecule has 0 aliphatic carbocycles. The fourth-order valence-electron chi connectivity index (χ4n) is 4.07. The highest BCUT2D eigenvalue weighted by Gasteiger charge is 2.47. The van der Waals surface area contributed by atoms with Gasteiger partial charge < -0.3 is 4.90 Å². The van der Waals surface area contributed by atoms with Crippen molar-refractivity contribution in [1.29, 1.82) is 0 Å². The van der Waals surface area contributed by atoms with Crippen LogP contribution in [-0.2, 0) is 16.0 Å². The van der Waals surface area contributed by atoms with Crippen LogP contribution in [0.3, 0.4) is 0 Å². The summed E-state index contributed by atoms with van der Waals surface area (Å²) in [4.78, 5) is 33.7. The van der Waals surface area contributed by atoms with Crippen LogP contribution in [0.5, 0.6) is 0 Å². The van der Waals surface area contributed by atoms with Gasteiger partial charge in [0.05, 0.1) is 18.3 Å². The normalized spacial score (nSPS) is 21.1. The number of carbonyl (C=O) groups is 2. The number of H-pyrrole nitrogens is 1. The summed E-state index contributed by atoms with van der Waals surface area (Å²) < 4.78 is 0. The largest absolute Gasteiger partial charge is 0.318 e. The van der Waals surface area contributed by atoms with Crippen molar-refractivity contribution >= 4 is 23.3 Å². The van der Waals surface area contributed by atoms with Crippen molar-refractivity contribution < 1.29 is 19.5 Å². The lowest BCUT2D eigenvalue weighted by Gasteiger charge is -2.31.